The lowest BCUT2D eigenvalue weighted by Gasteiger charge is -2.34. The number of likely N-dealkylation sites (N-methyl/N-ethyl adjacent to an activating group) is 1. The molecule has 0 spiro atoms. The van der Waals surface area contributed by atoms with Crippen molar-refractivity contribution in [2.75, 3.05) is 13.7 Å². The summed E-state index contributed by atoms with van der Waals surface area (Å²) >= 11 is 0. The van der Waals surface area contributed by atoms with Crippen LogP contribution in [0.1, 0.15) is 30.8 Å². The molecule has 1 amide bonds. The summed E-state index contributed by atoms with van der Waals surface area (Å²) in [7, 11) is 3.59. The first-order valence-electron chi connectivity index (χ1n) is 6.07. The van der Waals surface area contributed by atoms with Gasteiger partial charge in [0.05, 0.1) is 24.3 Å². The Labute approximate surface area is 108 Å². The molecule has 102 valence electrons. The molecule has 5 nitrogen and oxygen atoms in total. The average Bonchev–Trinajstić information content (AvgIpc) is 2.54. The molecule has 0 atom stereocenters. The fourth-order valence-electron chi connectivity index (χ4n) is 1.79. The smallest absolute Gasteiger partial charge is 0.227 e. The number of rotatable bonds is 4. The molecule has 1 aromatic rings. The lowest BCUT2D eigenvalue weighted by atomic mass is 10.0. The molecule has 0 saturated heterocycles. The van der Waals surface area contributed by atoms with E-state index in [2.05, 4.69) is 5.10 Å². The number of aliphatic hydroxyl groups is 1. The number of carbonyl (C=O) groups is 1. The second kappa shape index (κ2) is 5.10. The summed E-state index contributed by atoms with van der Waals surface area (Å²) in [6, 6.07) is 0. The molecular formula is C13H23N3O2. The van der Waals surface area contributed by atoms with Gasteiger partial charge in [0.15, 0.2) is 0 Å². The first-order valence-corrected chi connectivity index (χ1v) is 6.07. The van der Waals surface area contributed by atoms with Crippen LogP contribution >= 0.6 is 0 Å². The van der Waals surface area contributed by atoms with E-state index in [1.165, 1.54) is 0 Å². The van der Waals surface area contributed by atoms with Crippen molar-refractivity contribution in [1.29, 1.82) is 0 Å². The Balaban J connectivity index is 2.89. The Bertz CT molecular complexity index is 449. The highest BCUT2D eigenvalue weighted by Crippen LogP contribution is 2.17. The van der Waals surface area contributed by atoms with Crippen molar-refractivity contribution in [3.8, 4) is 0 Å². The van der Waals surface area contributed by atoms with E-state index >= 15 is 0 Å². The standard InChI is InChI=1S/C13H23N3O2/c1-9-11(10(2)16(6)14-9)7-12(18)15(5)13(3,4)8-17/h17H,7-8H2,1-6H3. The highest BCUT2D eigenvalue weighted by atomic mass is 16.3. The van der Waals surface area contributed by atoms with E-state index < -0.39 is 5.54 Å². The molecule has 1 aromatic heterocycles. The number of aliphatic hydroxyl groups excluding tert-OH is 1. The van der Waals surface area contributed by atoms with Crippen LogP contribution in [0.15, 0.2) is 0 Å². The summed E-state index contributed by atoms with van der Waals surface area (Å²) in [5.41, 5.74) is 2.33. The predicted molar refractivity (Wildman–Crippen MR) is 70.3 cm³/mol. The van der Waals surface area contributed by atoms with Crippen molar-refractivity contribution >= 4 is 5.91 Å². The molecule has 1 heterocycles. The lowest BCUT2D eigenvalue weighted by Crippen LogP contribution is -2.48. The maximum Gasteiger partial charge on any atom is 0.227 e. The van der Waals surface area contributed by atoms with Crippen LogP contribution < -0.4 is 0 Å². The molecule has 5 heteroatoms. The van der Waals surface area contributed by atoms with Crippen molar-refractivity contribution in [2.45, 2.75) is 39.7 Å². The first-order chi connectivity index (χ1) is 8.20. The minimum Gasteiger partial charge on any atom is -0.394 e. The molecule has 0 saturated carbocycles. The van der Waals surface area contributed by atoms with Crippen LogP contribution in [0.25, 0.3) is 0 Å². The molecule has 18 heavy (non-hydrogen) atoms. The van der Waals surface area contributed by atoms with Gasteiger partial charge in [-0.05, 0) is 27.7 Å². The van der Waals surface area contributed by atoms with Crippen molar-refractivity contribution in [1.82, 2.24) is 14.7 Å². The third kappa shape index (κ3) is 2.72. The number of nitrogens with zero attached hydrogens (tertiary/aromatic N) is 3. The minimum absolute atomic E-state index is 0.00625. The number of amides is 1. The maximum absolute atomic E-state index is 12.2. The average molecular weight is 253 g/mol. The molecule has 0 radical (unpaired) electrons. The van der Waals surface area contributed by atoms with Gasteiger partial charge in [0.2, 0.25) is 5.91 Å². The van der Waals surface area contributed by atoms with Crippen molar-refractivity contribution < 1.29 is 9.90 Å². The second-order valence-electron chi connectivity index (χ2n) is 5.37. The van der Waals surface area contributed by atoms with Crippen molar-refractivity contribution in [3.05, 3.63) is 17.0 Å². The van der Waals surface area contributed by atoms with Crippen molar-refractivity contribution in [3.63, 3.8) is 0 Å². The number of carbonyl (C=O) groups excluding carboxylic acids is 1. The van der Waals surface area contributed by atoms with Crippen LogP contribution in [0.3, 0.4) is 0 Å². The number of aryl methyl sites for hydroxylation is 2. The predicted octanol–water partition coefficient (Wildman–Crippen LogP) is 0.809. The lowest BCUT2D eigenvalue weighted by molar-refractivity contribution is -0.135. The largest absolute Gasteiger partial charge is 0.394 e. The van der Waals surface area contributed by atoms with Gasteiger partial charge in [0.1, 0.15) is 0 Å². The van der Waals surface area contributed by atoms with Gasteiger partial charge in [-0.25, -0.2) is 0 Å². The third-order valence-corrected chi connectivity index (χ3v) is 3.66. The number of aromatic nitrogens is 2. The molecule has 0 unspecified atom stereocenters. The Hall–Kier alpha value is -1.36. The van der Waals surface area contributed by atoms with Gasteiger partial charge in [-0.1, -0.05) is 0 Å². The van der Waals surface area contributed by atoms with Gasteiger partial charge >= 0.3 is 0 Å². The summed E-state index contributed by atoms with van der Waals surface area (Å²) in [6.07, 6.45) is 0.325. The molecule has 0 aliphatic carbocycles. The number of hydrogen-bond acceptors (Lipinski definition) is 3. The molecule has 0 bridgehead atoms. The Morgan fingerprint density at radius 2 is 2.00 bits per heavy atom. The van der Waals surface area contributed by atoms with E-state index in [1.807, 2.05) is 34.7 Å². The van der Waals surface area contributed by atoms with Crippen molar-refractivity contribution in [2.24, 2.45) is 7.05 Å². The fraction of sp³-hybridized carbons (Fsp3) is 0.692. The van der Waals surface area contributed by atoms with E-state index in [9.17, 15) is 9.90 Å². The second-order valence-corrected chi connectivity index (χ2v) is 5.37. The normalized spacial score (nSPS) is 11.7. The van der Waals surface area contributed by atoms with E-state index in [-0.39, 0.29) is 12.5 Å². The van der Waals surface area contributed by atoms with Gasteiger partial charge < -0.3 is 10.0 Å². The zero-order valence-electron chi connectivity index (χ0n) is 12.1. The van der Waals surface area contributed by atoms with Gasteiger partial charge in [-0.2, -0.15) is 5.10 Å². The maximum atomic E-state index is 12.2. The molecule has 0 aliphatic heterocycles. The fourth-order valence-corrected chi connectivity index (χ4v) is 1.79. The molecule has 1 N–H and O–H groups in total. The SMILES string of the molecule is Cc1nn(C)c(C)c1CC(=O)N(C)C(C)(C)CO. The summed E-state index contributed by atoms with van der Waals surface area (Å²) < 4.78 is 1.79. The Morgan fingerprint density at radius 3 is 2.39 bits per heavy atom. The van der Waals surface area contributed by atoms with Gasteiger partial charge in [0.25, 0.3) is 0 Å². The first kappa shape index (κ1) is 14.7. The molecule has 1 rings (SSSR count). The zero-order chi connectivity index (χ0) is 14.1. The quantitative estimate of drug-likeness (QED) is 0.864. The van der Waals surface area contributed by atoms with E-state index in [4.69, 9.17) is 0 Å². The van der Waals surface area contributed by atoms with Crippen LogP contribution in [0.4, 0.5) is 0 Å². The summed E-state index contributed by atoms with van der Waals surface area (Å²) in [5, 5.41) is 13.6. The van der Waals surface area contributed by atoms with Crippen LogP contribution in [-0.2, 0) is 18.3 Å². The van der Waals surface area contributed by atoms with Gasteiger partial charge in [-0.3, -0.25) is 9.48 Å². The Kier molecular flexibility index (Phi) is 4.16. The highest BCUT2D eigenvalue weighted by Gasteiger charge is 2.27. The topological polar surface area (TPSA) is 58.4 Å². The van der Waals surface area contributed by atoms with Gasteiger partial charge in [0, 0.05) is 25.4 Å². The summed E-state index contributed by atoms with van der Waals surface area (Å²) in [4.78, 5) is 13.8. The van der Waals surface area contributed by atoms with Crippen LogP contribution in [0.5, 0.6) is 0 Å². The van der Waals surface area contributed by atoms with E-state index in [0.29, 0.717) is 6.42 Å². The number of hydrogen-bond donors (Lipinski definition) is 1. The van der Waals surface area contributed by atoms with Gasteiger partial charge in [-0.15, -0.1) is 0 Å². The molecule has 0 fully saturated rings. The summed E-state index contributed by atoms with van der Waals surface area (Å²) in [5.74, 6) is -0.00625. The Morgan fingerprint density at radius 1 is 1.44 bits per heavy atom. The molecule has 0 aliphatic rings. The highest BCUT2D eigenvalue weighted by molar-refractivity contribution is 5.79. The monoisotopic (exact) mass is 253 g/mol. The minimum atomic E-state index is -0.541. The zero-order valence-corrected chi connectivity index (χ0v) is 12.1. The van der Waals surface area contributed by atoms with E-state index in [1.54, 1.807) is 16.6 Å². The summed E-state index contributed by atoms with van der Waals surface area (Å²) in [6.45, 7) is 7.49. The van der Waals surface area contributed by atoms with Crippen LogP contribution in [0, 0.1) is 13.8 Å². The third-order valence-electron chi connectivity index (χ3n) is 3.66. The molecule has 0 aromatic carbocycles. The van der Waals surface area contributed by atoms with Crippen LogP contribution in [-0.4, -0.2) is 44.9 Å². The van der Waals surface area contributed by atoms with E-state index in [0.717, 1.165) is 17.0 Å². The molecular weight excluding hydrogens is 230 g/mol. The van der Waals surface area contributed by atoms with Crippen LogP contribution in [0.2, 0.25) is 0 Å².